The summed E-state index contributed by atoms with van der Waals surface area (Å²) in [7, 11) is -4.63. The number of carbonyl (C=O) groups is 2. The summed E-state index contributed by atoms with van der Waals surface area (Å²) in [6, 6.07) is 0. The molecule has 0 amide bonds. The quantitative estimate of drug-likeness (QED) is 0.0237. The molecular weight excluding hydrogens is 719 g/mol. The average molecular weight is 797 g/mol. The summed E-state index contributed by atoms with van der Waals surface area (Å²) in [6.07, 6.45) is 43.3. The van der Waals surface area contributed by atoms with Crippen LogP contribution in [-0.2, 0) is 32.7 Å². The summed E-state index contributed by atoms with van der Waals surface area (Å²) >= 11 is 0. The number of phosphoric ester groups is 1. The van der Waals surface area contributed by atoms with E-state index in [0.29, 0.717) is 12.8 Å². The van der Waals surface area contributed by atoms with E-state index in [0.717, 1.165) is 70.6 Å². The monoisotopic (exact) mass is 797 g/mol. The van der Waals surface area contributed by atoms with Gasteiger partial charge in [0.25, 0.3) is 0 Å². The highest BCUT2D eigenvalue weighted by Crippen LogP contribution is 2.43. The van der Waals surface area contributed by atoms with E-state index in [4.69, 9.17) is 19.1 Å². The fourth-order valence-electron chi connectivity index (χ4n) is 5.43. The smallest absolute Gasteiger partial charge is 0.462 e. The minimum Gasteiger partial charge on any atom is -0.462 e. The maximum Gasteiger partial charge on any atom is 0.472 e. The molecule has 1 unspecified atom stereocenters. The lowest BCUT2D eigenvalue weighted by atomic mass is 10.0. The highest BCUT2D eigenvalue weighted by atomic mass is 31.2. The molecule has 0 spiro atoms. The third-order valence-electron chi connectivity index (χ3n) is 8.69. The van der Waals surface area contributed by atoms with Gasteiger partial charge in [-0.25, -0.2) is 4.57 Å². The van der Waals surface area contributed by atoms with E-state index in [-0.39, 0.29) is 19.4 Å². The molecule has 0 radical (unpaired) electrons. The minimum absolute atomic E-state index is 0.144. The Hall–Kier alpha value is -2.33. The summed E-state index contributed by atoms with van der Waals surface area (Å²) in [6.45, 7) is 2.22. The van der Waals surface area contributed by atoms with Crippen LogP contribution in [0.3, 0.4) is 0 Å². The Balaban J connectivity index is 4.38. The second-order valence-electron chi connectivity index (χ2n) is 14.0. The maximum absolute atomic E-state index is 12.6. The van der Waals surface area contributed by atoms with Crippen molar-refractivity contribution in [3.8, 4) is 0 Å². The van der Waals surface area contributed by atoms with Gasteiger partial charge >= 0.3 is 19.8 Å². The number of esters is 2. The minimum atomic E-state index is -4.63. The van der Waals surface area contributed by atoms with Crippen LogP contribution in [-0.4, -0.2) is 65.7 Å². The predicted octanol–water partition coefficient (Wildman–Crippen LogP) is 11.1. The average Bonchev–Trinajstić information content (AvgIpc) is 3.17. The van der Waals surface area contributed by atoms with Crippen LogP contribution < -0.4 is 0 Å². The molecule has 3 N–H and O–H groups in total. The molecule has 10 nitrogen and oxygen atoms in total. The molecule has 0 aromatic heterocycles. The predicted molar refractivity (Wildman–Crippen MR) is 224 cm³/mol. The van der Waals surface area contributed by atoms with E-state index >= 15 is 0 Å². The van der Waals surface area contributed by atoms with Crippen molar-refractivity contribution in [3.63, 3.8) is 0 Å². The number of phosphoric acid groups is 1. The normalized spacial score (nSPS) is 14.5. The van der Waals surface area contributed by atoms with Gasteiger partial charge in [-0.1, -0.05) is 158 Å². The van der Waals surface area contributed by atoms with Crippen LogP contribution >= 0.6 is 7.82 Å². The Labute approximate surface area is 334 Å². The molecule has 0 aliphatic rings. The summed E-state index contributed by atoms with van der Waals surface area (Å²) < 4.78 is 32.7. The van der Waals surface area contributed by atoms with E-state index < -0.39 is 51.8 Å². The molecule has 0 bridgehead atoms. The number of aliphatic hydroxyl groups is 2. The Morgan fingerprint density at radius 2 is 1.00 bits per heavy atom. The number of hydrogen-bond donors (Lipinski definition) is 3. The fraction of sp³-hybridized carbons (Fsp3) is 0.727. The second-order valence-corrected chi connectivity index (χ2v) is 15.4. The van der Waals surface area contributed by atoms with Crippen LogP contribution in [0.15, 0.2) is 60.8 Å². The lowest BCUT2D eigenvalue weighted by molar-refractivity contribution is -0.161. The zero-order chi connectivity index (χ0) is 40.5. The van der Waals surface area contributed by atoms with Crippen LogP contribution in [0.4, 0.5) is 0 Å². The van der Waals surface area contributed by atoms with Crippen molar-refractivity contribution in [2.45, 2.75) is 180 Å². The van der Waals surface area contributed by atoms with Crippen molar-refractivity contribution in [1.82, 2.24) is 0 Å². The van der Waals surface area contributed by atoms with Gasteiger partial charge in [0.05, 0.1) is 19.8 Å². The van der Waals surface area contributed by atoms with E-state index in [1.54, 1.807) is 0 Å². The molecule has 0 fully saturated rings. The van der Waals surface area contributed by atoms with Crippen molar-refractivity contribution >= 4 is 19.8 Å². The number of unbranched alkanes of at least 4 members (excludes halogenated alkanes) is 15. The van der Waals surface area contributed by atoms with Crippen molar-refractivity contribution in [3.05, 3.63) is 60.8 Å². The number of aliphatic hydroxyl groups excluding tert-OH is 2. The molecule has 0 rings (SSSR count). The van der Waals surface area contributed by atoms with Crippen LogP contribution in [0.1, 0.15) is 168 Å². The van der Waals surface area contributed by atoms with Crippen LogP contribution in [0.25, 0.3) is 0 Å². The Kier molecular flexibility index (Phi) is 38.2. The molecule has 318 valence electrons. The number of carbonyl (C=O) groups excluding carboxylic acids is 2. The van der Waals surface area contributed by atoms with Crippen molar-refractivity contribution < 1.29 is 47.8 Å². The first kappa shape index (κ1) is 52.7. The SMILES string of the molecule is CC/C=C/C/C=C/C/C=C/C/C=C/C/C=C/CCCCCC(=O)O[C@H](COC(=O)CCCCCCCCCCCCCCC)COP(=O)(O)OC[C@@H](O)CO. The highest BCUT2D eigenvalue weighted by molar-refractivity contribution is 7.47. The van der Waals surface area contributed by atoms with Gasteiger partial charge in [-0.2, -0.15) is 0 Å². The van der Waals surface area contributed by atoms with E-state index in [1.165, 1.54) is 57.8 Å². The van der Waals surface area contributed by atoms with Gasteiger partial charge < -0.3 is 24.6 Å². The third-order valence-corrected chi connectivity index (χ3v) is 9.64. The zero-order valence-corrected chi connectivity index (χ0v) is 35.3. The van der Waals surface area contributed by atoms with E-state index in [1.807, 2.05) is 0 Å². The van der Waals surface area contributed by atoms with Gasteiger partial charge in [0.2, 0.25) is 0 Å². The van der Waals surface area contributed by atoms with E-state index in [9.17, 15) is 24.2 Å². The molecule has 11 heteroatoms. The lowest BCUT2D eigenvalue weighted by Gasteiger charge is -2.20. The largest absolute Gasteiger partial charge is 0.472 e. The molecule has 55 heavy (non-hydrogen) atoms. The van der Waals surface area contributed by atoms with Crippen LogP contribution in [0.2, 0.25) is 0 Å². The second kappa shape index (κ2) is 39.9. The van der Waals surface area contributed by atoms with Gasteiger partial charge in [-0.15, -0.1) is 0 Å². The molecule has 0 aliphatic carbocycles. The summed E-state index contributed by atoms with van der Waals surface area (Å²) in [4.78, 5) is 34.9. The number of rotatable bonds is 39. The first-order valence-electron chi connectivity index (χ1n) is 21.2. The van der Waals surface area contributed by atoms with Gasteiger partial charge in [0.1, 0.15) is 12.7 Å². The van der Waals surface area contributed by atoms with Gasteiger partial charge in [-0.3, -0.25) is 18.6 Å². The molecule has 0 saturated carbocycles. The van der Waals surface area contributed by atoms with Gasteiger partial charge in [0.15, 0.2) is 6.10 Å². The van der Waals surface area contributed by atoms with Crippen molar-refractivity contribution in [1.29, 1.82) is 0 Å². The lowest BCUT2D eigenvalue weighted by Crippen LogP contribution is -2.29. The topological polar surface area (TPSA) is 149 Å². The maximum atomic E-state index is 12.6. The van der Waals surface area contributed by atoms with Crippen LogP contribution in [0.5, 0.6) is 0 Å². The summed E-state index contributed by atoms with van der Waals surface area (Å²) in [5.41, 5.74) is 0. The first-order chi connectivity index (χ1) is 26.7. The first-order valence-corrected chi connectivity index (χ1v) is 22.7. The van der Waals surface area contributed by atoms with Crippen molar-refractivity contribution in [2.75, 3.05) is 26.4 Å². The molecule has 0 heterocycles. The molecule has 0 aromatic carbocycles. The standard InChI is InChI=1S/C44H77O10P/c1-3-5-7-9-11-13-15-17-18-19-20-21-22-24-26-28-30-32-34-36-44(48)54-42(40-53-55(49,50)52-38-41(46)37-45)39-51-43(47)35-33-31-29-27-25-23-16-14-12-10-8-6-4-2/h5,7,11,13,17-18,20-21,24,26,41-42,45-46H,3-4,6,8-10,12,14-16,19,22-23,25,27-40H2,1-2H3,(H,49,50)/b7-5+,13-11+,18-17+,21-20+,26-24+/t41-,42+/m0/s1. The third kappa shape index (κ3) is 39.7. The van der Waals surface area contributed by atoms with Gasteiger partial charge in [0, 0.05) is 12.8 Å². The number of hydrogen-bond acceptors (Lipinski definition) is 9. The van der Waals surface area contributed by atoms with Crippen LogP contribution in [0, 0.1) is 0 Å². The number of allylic oxidation sites excluding steroid dienone is 10. The summed E-state index contributed by atoms with van der Waals surface area (Å²) in [5, 5.41) is 18.3. The fourth-order valence-corrected chi connectivity index (χ4v) is 6.22. The molecular formula is C44H77O10P. The molecule has 0 aliphatic heterocycles. The van der Waals surface area contributed by atoms with E-state index in [2.05, 4.69) is 79.1 Å². The highest BCUT2D eigenvalue weighted by Gasteiger charge is 2.27. The van der Waals surface area contributed by atoms with Crippen molar-refractivity contribution in [2.24, 2.45) is 0 Å². The Bertz CT molecular complexity index is 1100. The van der Waals surface area contributed by atoms with Gasteiger partial charge in [-0.05, 0) is 57.8 Å². The Morgan fingerprint density at radius 1 is 0.564 bits per heavy atom. The molecule has 0 aromatic rings. The summed E-state index contributed by atoms with van der Waals surface area (Å²) in [5.74, 6) is -0.964. The number of ether oxygens (including phenoxy) is 2. The zero-order valence-electron chi connectivity index (χ0n) is 34.4. The molecule has 3 atom stereocenters. The Morgan fingerprint density at radius 3 is 1.51 bits per heavy atom. The molecule has 0 saturated heterocycles.